The summed E-state index contributed by atoms with van der Waals surface area (Å²) in [6, 6.07) is 8.25. The van der Waals surface area contributed by atoms with Crippen LogP contribution in [0.1, 0.15) is 57.9 Å². The topological polar surface area (TPSA) is 64.3 Å². The van der Waals surface area contributed by atoms with Gasteiger partial charge < -0.3 is 15.8 Å². The molecule has 2 rings (SSSR count). The molecule has 1 aliphatic carbocycles. The van der Waals surface area contributed by atoms with Crippen molar-refractivity contribution in [2.24, 2.45) is 0 Å². The van der Waals surface area contributed by atoms with Gasteiger partial charge in [0.25, 0.3) is 0 Å². The van der Waals surface area contributed by atoms with Gasteiger partial charge in [0.15, 0.2) is 0 Å². The Morgan fingerprint density at radius 3 is 2.76 bits per heavy atom. The minimum Gasteiger partial charge on any atom is -0.444 e. The maximum absolute atomic E-state index is 11.9. The van der Waals surface area contributed by atoms with Crippen LogP contribution in [0.2, 0.25) is 0 Å². The normalized spacial score (nSPS) is 22.6. The van der Waals surface area contributed by atoms with E-state index in [-0.39, 0.29) is 12.1 Å². The lowest BCUT2D eigenvalue weighted by Gasteiger charge is -2.31. The van der Waals surface area contributed by atoms with Crippen LogP contribution in [-0.4, -0.2) is 17.7 Å². The highest BCUT2D eigenvalue weighted by atomic mass is 16.6. The quantitative estimate of drug-likeness (QED) is 0.814. The minimum absolute atomic E-state index is 0.181. The molecule has 116 valence electrons. The molecule has 0 saturated heterocycles. The van der Waals surface area contributed by atoms with E-state index in [9.17, 15) is 4.79 Å². The Hall–Kier alpha value is -1.71. The zero-order valence-corrected chi connectivity index (χ0v) is 13.2. The molecule has 0 spiro atoms. The van der Waals surface area contributed by atoms with E-state index < -0.39 is 5.60 Å². The zero-order valence-electron chi connectivity index (χ0n) is 13.2. The second-order valence-corrected chi connectivity index (χ2v) is 6.88. The Labute approximate surface area is 127 Å². The first kappa shape index (κ1) is 15.7. The molecule has 0 radical (unpaired) electrons. The van der Waals surface area contributed by atoms with Crippen molar-refractivity contribution < 1.29 is 9.53 Å². The number of nitrogen functional groups attached to an aromatic ring is 1. The zero-order chi connectivity index (χ0) is 15.5. The number of rotatable bonds is 2. The summed E-state index contributed by atoms with van der Waals surface area (Å²) in [4.78, 5) is 11.9. The number of amides is 1. The number of hydrogen-bond acceptors (Lipinski definition) is 3. The molecule has 3 N–H and O–H groups in total. The summed E-state index contributed by atoms with van der Waals surface area (Å²) in [5.41, 5.74) is 7.48. The van der Waals surface area contributed by atoms with Crippen LogP contribution < -0.4 is 11.1 Å². The maximum Gasteiger partial charge on any atom is 0.407 e. The Balaban J connectivity index is 1.93. The number of anilines is 1. The van der Waals surface area contributed by atoms with Crippen molar-refractivity contribution in [1.82, 2.24) is 5.32 Å². The summed E-state index contributed by atoms with van der Waals surface area (Å²) < 4.78 is 5.33. The van der Waals surface area contributed by atoms with Gasteiger partial charge in [-0.25, -0.2) is 4.79 Å². The van der Waals surface area contributed by atoms with Crippen LogP contribution in [0, 0.1) is 0 Å². The molecule has 1 aromatic rings. The molecule has 1 amide bonds. The van der Waals surface area contributed by atoms with Crippen LogP contribution in [0.25, 0.3) is 0 Å². The summed E-state index contributed by atoms with van der Waals surface area (Å²) in [5.74, 6) is 0.460. The number of carbonyl (C=O) groups excluding carboxylic acids is 1. The highest BCUT2D eigenvalue weighted by molar-refractivity contribution is 5.68. The lowest BCUT2D eigenvalue weighted by Crippen LogP contribution is -2.41. The second-order valence-electron chi connectivity index (χ2n) is 6.88. The third-order valence-corrected chi connectivity index (χ3v) is 3.78. The van der Waals surface area contributed by atoms with E-state index in [1.807, 2.05) is 39.0 Å². The van der Waals surface area contributed by atoms with Gasteiger partial charge in [0, 0.05) is 11.7 Å². The first-order valence-electron chi connectivity index (χ1n) is 7.68. The van der Waals surface area contributed by atoms with E-state index in [4.69, 9.17) is 10.5 Å². The SMILES string of the molecule is CC(C)(C)OC(=O)N[C@@H]1CCC[C@@H](c2cccc(N)c2)C1. The van der Waals surface area contributed by atoms with E-state index in [0.29, 0.717) is 5.92 Å². The molecule has 21 heavy (non-hydrogen) atoms. The summed E-state index contributed by atoms with van der Waals surface area (Å²) in [5, 5.41) is 3.00. The Kier molecular flexibility index (Phi) is 4.76. The van der Waals surface area contributed by atoms with Crippen LogP contribution in [0.4, 0.5) is 10.5 Å². The van der Waals surface area contributed by atoms with Crippen LogP contribution in [0.3, 0.4) is 0 Å². The maximum atomic E-state index is 11.9. The van der Waals surface area contributed by atoms with Crippen molar-refractivity contribution in [2.45, 2.75) is 64.0 Å². The number of nitrogens with one attached hydrogen (secondary N) is 1. The molecule has 0 bridgehead atoms. The van der Waals surface area contributed by atoms with Crippen LogP contribution in [0.5, 0.6) is 0 Å². The van der Waals surface area contributed by atoms with Crippen molar-refractivity contribution >= 4 is 11.8 Å². The van der Waals surface area contributed by atoms with E-state index >= 15 is 0 Å². The fraction of sp³-hybridized carbons (Fsp3) is 0.588. The Morgan fingerprint density at radius 2 is 2.10 bits per heavy atom. The van der Waals surface area contributed by atoms with Gasteiger partial charge in [-0.15, -0.1) is 0 Å². The van der Waals surface area contributed by atoms with Gasteiger partial charge in [0.2, 0.25) is 0 Å². The molecule has 2 atom stereocenters. The number of ether oxygens (including phenoxy) is 1. The van der Waals surface area contributed by atoms with E-state index in [2.05, 4.69) is 11.4 Å². The molecule has 0 aliphatic heterocycles. The summed E-state index contributed by atoms with van der Waals surface area (Å²) in [6.07, 6.45) is 3.90. The predicted octanol–water partition coefficient (Wildman–Crippen LogP) is 3.82. The molecule has 4 heteroatoms. The molecular formula is C17H26N2O2. The average molecular weight is 290 g/mol. The van der Waals surface area contributed by atoms with Gasteiger partial charge in [0.05, 0.1) is 0 Å². The first-order chi connectivity index (χ1) is 9.83. The molecule has 0 unspecified atom stereocenters. The molecule has 0 aromatic heterocycles. The van der Waals surface area contributed by atoms with Crippen LogP contribution >= 0.6 is 0 Å². The number of nitrogens with two attached hydrogens (primary N) is 1. The van der Waals surface area contributed by atoms with Gasteiger partial charge in [0.1, 0.15) is 5.60 Å². The fourth-order valence-electron chi connectivity index (χ4n) is 2.91. The van der Waals surface area contributed by atoms with Crippen molar-refractivity contribution in [3.63, 3.8) is 0 Å². The smallest absolute Gasteiger partial charge is 0.407 e. The van der Waals surface area contributed by atoms with Gasteiger partial charge >= 0.3 is 6.09 Å². The van der Waals surface area contributed by atoms with E-state index in [1.54, 1.807) is 0 Å². The van der Waals surface area contributed by atoms with Crippen LogP contribution in [-0.2, 0) is 4.74 Å². The van der Waals surface area contributed by atoms with Crippen molar-refractivity contribution in [3.05, 3.63) is 29.8 Å². The Morgan fingerprint density at radius 1 is 1.33 bits per heavy atom. The monoisotopic (exact) mass is 290 g/mol. The third-order valence-electron chi connectivity index (χ3n) is 3.78. The summed E-state index contributed by atoms with van der Waals surface area (Å²) >= 11 is 0. The van der Waals surface area contributed by atoms with Crippen molar-refractivity contribution in [2.75, 3.05) is 5.73 Å². The fourth-order valence-corrected chi connectivity index (χ4v) is 2.91. The largest absolute Gasteiger partial charge is 0.444 e. The van der Waals surface area contributed by atoms with Crippen LogP contribution in [0.15, 0.2) is 24.3 Å². The van der Waals surface area contributed by atoms with Crippen molar-refractivity contribution in [3.8, 4) is 0 Å². The predicted molar refractivity (Wildman–Crippen MR) is 85.2 cm³/mol. The Bertz CT molecular complexity index is 494. The molecular weight excluding hydrogens is 264 g/mol. The van der Waals surface area contributed by atoms with Gasteiger partial charge in [-0.05, 0) is 63.6 Å². The summed E-state index contributed by atoms with van der Waals surface area (Å²) in [6.45, 7) is 5.63. The van der Waals surface area contributed by atoms with E-state index in [0.717, 1.165) is 31.4 Å². The number of hydrogen-bond donors (Lipinski definition) is 2. The first-order valence-corrected chi connectivity index (χ1v) is 7.68. The average Bonchev–Trinajstić information content (AvgIpc) is 2.36. The van der Waals surface area contributed by atoms with Gasteiger partial charge in [-0.1, -0.05) is 18.6 Å². The lowest BCUT2D eigenvalue weighted by atomic mass is 9.81. The van der Waals surface area contributed by atoms with Crippen molar-refractivity contribution in [1.29, 1.82) is 0 Å². The minimum atomic E-state index is -0.452. The molecule has 1 aromatic carbocycles. The highest BCUT2D eigenvalue weighted by Crippen LogP contribution is 2.33. The third kappa shape index (κ3) is 4.96. The second kappa shape index (κ2) is 6.37. The molecule has 0 heterocycles. The van der Waals surface area contributed by atoms with Gasteiger partial charge in [-0.2, -0.15) is 0 Å². The van der Waals surface area contributed by atoms with E-state index in [1.165, 1.54) is 5.56 Å². The summed E-state index contributed by atoms with van der Waals surface area (Å²) in [7, 11) is 0. The van der Waals surface area contributed by atoms with Gasteiger partial charge in [-0.3, -0.25) is 0 Å². The number of benzene rings is 1. The highest BCUT2D eigenvalue weighted by Gasteiger charge is 2.26. The number of carbonyl (C=O) groups is 1. The molecule has 1 fully saturated rings. The number of alkyl carbamates (subject to hydrolysis) is 1. The molecule has 1 saturated carbocycles. The molecule has 4 nitrogen and oxygen atoms in total. The standard InChI is InChI=1S/C17H26N2O2/c1-17(2,3)21-16(20)19-15-9-5-7-13(11-15)12-6-4-8-14(18)10-12/h4,6,8,10,13,15H,5,7,9,11,18H2,1-3H3,(H,19,20)/t13-,15-/m1/s1. The molecule has 1 aliphatic rings. The lowest BCUT2D eigenvalue weighted by molar-refractivity contribution is 0.0490.